The van der Waals surface area contributed by atoms with E-state index in [4.69, 9.17) is 9.47 Å². The first-order chi connectivity index (χ1) is 12.1. The summed E-state index contributed by atoms with van der Waals surface area (Å²) in [5.74, 6) is 1.58. The van der Waals surface area contributed by atoms with E-state index in [1.54, 1.807) is 14.2 Å². The van der Waals surface area contributed by atoms with Crippen LogP contribution in [0.25, 0.3) is 0 Å². The second-order valence-corrected chi connectivity index (χ2v) is 6.35. The van der Waals surface area contributed by atoms with Crippen molar-refractivity contribution in [1.82, 2.24) is 9.88 Å². The number of carbonyl (C=O) groups is 1. The fourth-order valence-corrected chi connectivity index (χ4v) is 3.26. The van der Waals surface area contributed by atoms with Crippen molar-refractivity contribution in [3.8, 4) is 11.5 Å². The molecule has 1 amide bonds. The van der Waals surface area contributed by atoms with E-state index < -0.39 is 0 Å². The molecule has 134 valence electrons. The molecule has 0 unspecified atom stereocenters. The topological polar surface area (TPSA) is 66.6 Å². The number of likely N-dealkylation sites (tertiary alicyclic amines) is 1. The fraction of sp³-hybridized carbons (Fsp3) is 0.421. The molecule has 2 aromatic rings. The summed E-state index contributed by atoms with van der Waals surface area (Å²) in [5.41, 5.74) is 2.61. The Kier molecular flexibility index (Phi) is 5.16. The lowest BCUT2D eigenvalue weighted by molar-refractivity contribution is 0.0714. The molecule has 3 rings (SSSR count). The molecule has 0 bridgehead atoms. The van der Waals surface area contributed by atoms with Crippen molar-refractivity contribution in [2.45, 2.75) is 25.8 Å². The average molecular weight is 343 g/mol. The Bertz CT molecular complexity index is 719. The number of amides is 1. The minimum Gasteiger partial charge on any atom is -0.497 e. The zero-order chi connectivity index (χ0) is 17.8. The van der Waals surface area contributed by atoms with Gasteiger partial charge < -0.3 is 24.7 Å². The van der Waals surface area contributed by atoms with Gasteiger partial charge >= 0.3 is 0 Å². The molecule has 0 aliphatic carbocycles. The van der Waals surface area contributed by atoms with E-state index in [9.17, 15) is 4.79 Å². The summed E-state index contributed by atoms with van der Waals surface area (Å²) in [6.45, 7) is 3.40. The molecule has 1 atom stereocenters. The van der Waals surface area contributed by atoms with Gasteiger partial charge in [0, 0.05) is 54.9 Å². The number of rotatable bonds is 5. The van der Waals surface area contributed by atoms with Crippen molar-refractivity contribution < 1.29 is 14.3 Å². The van der Waals surface area contributed by atoms with Crippen LogP contribution in [0.2, 0.25) is 0 Å². The van der Waals surface area contributed by atoms with Gasteiger partial charge in [0.25, 0.3) is 5.91 Å². The molecule has 1 saturated heterocycles. The predicted octanol–water partition coefficient (Wildman–Crippen LogP) is 3.06. The zero-order valence-corrected chi connectivity index (χ0v) is 15.0. The number of carbonyl (C=O) groups excluding carboxylic acids is 1. The molecule has 1 aromatic carbocycles. The number of hydrogen-bond acceptors (Lipinski definition) is 4. The number of nitrogens with one attached hydrogen (secondary N) is 2. The van der Waals surface area contributed by atoms with Gasteiger partial charge in [-0.25, -0.2) is 0 Å². The number of methoxy groups -OCH3 is 2. The highest BCUT2D eigenvalue weighted by atomic mass is 16.5. The van der Waals surface area contributed by atoms with Crippen LogP contribution in [0.1, 0.15) is 28.9 Å². The van der Waals surface area contributed by atoms with E-state index in [1.165, 1.54) is 0 Å². The molecular weight excluding hydrogens is 318 g/mol. The predicted molar refractivity (Wildman–Crippen MR) is 97.6 cm³/mol. The summed E-state index contributed by atoms with van der Waals surface area (Å²) >= 11 is 0. The highest BCUT2D eigenvalue weighted by molar-refractivity contribution is 5.95. The monoisotopic (exact) mass is 343 g/mol. The molecule has 2 heterocycles. The smallest absolute Gasteiger partial charge is 0.255 e. The Hall–Kier alpha value is -2.63. The fourth-order valence-electron chi connectivity index (χ4n) is 3.26. The van der Waals surface area contributed by atoms with Crippen molar-refractivity contribution in [2.24, 2.45) is 0 Å². The number of aromatic amines is 1. The molecule has 6 heteroatoms. The number of hydrogen-bond donors (Lipinski definition) is 2. The van der Waals surface area contributed by atoms with Crippen LogP contribution in [0.3, 0.4) is 0 Å². The first kappa shape index (κ1) is 17.2. The Morgan fingerprint density at radius 2 is 1.96 bits per heavy atom. The van der Waals surface area contributed by atoms with E-state index in [0.717, 1.165) is 47.8 Å². The molecule has 1 fully saturated rings. The largest absolute Gasteiger partial charge is 0.497 e. The van der Waals surface area contributed by atoms with E-state index in [2.05, 4.69) is 10.3 Å². The van der Waals surface area contributed by atoms with Crippen LogP contribution in [-0.2, 0) is 0 Å². The van der Waals surface area contributed by atoms with Crippen LogP contribution >= 0.6 is 0 Å². The van der Waals surface area contributed by atoms with E-state index in [-0.39, 0.29) is 11.9 Å². The van der Waals surface area contributed by atoms with Crippen molar-refractivity contribution in [3.05, 3.63) is 41.7 Å². The summed E-state index contributed by atoms with van der Waals surface area (Å²) in [6.07, 6.45) is 3.81. The Morgan fingerprint density at radius 1 is 1.24 bits per heavy atom. The summed E-state index contributed by atoms with van der Waals surface area (Å²) < 4.78 is 10.6. The number of piperidine rings is 1. The van der Waals surface area contributed by atoms with Gasteiger partial charge in [0.1, 0.15) is 11.5 Å². The summed E-state index contributed by atoms with van der Waals surface area (Å²) in [5, 5.41) is 3.51. The van der Waals surface area contributed by atoms with Crippen molar-refractivity contribution in [1.29, 1.82) is 0 Å². The molecular formula is C19H25N3O3. The molecule has 0 saturated carbocycles. The minimum absolute atomic E-state index is 0.0912. The SMILES string of the molecule is COc1cc(N[C@H]2CCCN(C(=O)c3cc[nH]c3C)C2)cc(OC)c1. The van der Waals surface area contributed by atoms with Gasteiger partial charge in [-0.15, -0.1) is 0 Å². The first-order valence-corrected chi connectivity index (χ1v) is 8.53. The maximum atomic E-state index is 12.7. The molecule has 25 heavy (non-hydrogen) atoms. The lowest BCUT2D eigenvalue weighted by Gasteiger charge is -2.34. The summed E-state index contributed by atoms with van der Waals surface area (Å²) in [7, 11) is 3.28. The second-order valence-electron chi connectivity index (χ2n) is 6.35. The van der Waals surface area contributed by atoms with Crippen LogP contribution in [0.15, 0.2) is 30.5 Å². The van der Waals surface area contributed by atoms with Gasteiger partial charge in [0.05, 0.1) is 19.8 Å². The van der Waals surface area contributed by atoms with Crippen LogP contribution in [-0.4, -0.2) is 49.1 Å². The van der Waals surface area contributed by atoms with E-state index in [0.29, 0.717) is 6.54 Å². The molecule has 6 nitrogen and oxygen atoms in total. The van der Waals surface area contributed by atoms with Gasteiger partial charge in [0.2, 0.25) is 0 Å². The van der Waals surface area contributed by atoms with Gasteiger partial charge in [-0.2, -0.15) is 0 Å². The Labute approximate surface area is 148 Å². The van der Waals surface area contributed by atoms with Crippen molar-refractivity contribution in [3.63, 3.8) is 0 Å². The van der Waals surface area contributed by atoms with Crippen LogP contribution in [0.5, 0.6) is 11.5 Å². The molecule has 2 N–H and O–H groups in total. The molecule has 0 radical (unpaired) electrons. The standard InChI is InChI=1S/C19H25N3O3/c1-13-18(6-7-20-13)19(23)22-8-4-5-14(12-22)21-15-9-16(24-2)11-17(10-15)25-3/h6-7,9-11,14,20-21H,4-5,8,12H2,1-3H3/t14-/m0/s1. The molecule has 1 aromatic heterocycles. The number of nitrogens with zero attached hydrogens (tertiary/aromatic N) is 1. The summed E-state index contributed by atoms with van der Waals surface area (Å²) in [4.78, 5) is 17.7. The molecule has 0 spiro atoms. The van der Waals surface area contributed by atoms with Gasteiger partial charge in [-0.05, 0) is 25.8 Å². The average Bonchev–Trinajstić information content (AvgIpc) is 3.06. The quantitative estimate of drug-likeness (QED) is 0.876. The van der Waals surface area contributed by atoms with Gasteiger partial charge in [0.15, 0.2) is 0 Å². The van der Waals surface area contributed by atoms with E-state index in [1.807, 2.05) is 42.3 Å². The third-order valence-electron chi connectivity index (χ3n) is 4.62. The lowest BCUT2D eigenvalue weighted by Crippen LogP contribution is -2.45. The maximum absolute atomic E-state index is 12.7. The lowest BCUT2D eigenvalue weighted by atomic mass is 10.0. The van der Waals surface area contributed by atoms with Crippen LogP contribution in [0.4, 0.5) is 5.69 Å². The van der Waals surface area contributed by atoms with Gasteiger partial charge in [-0.1, -0.05) is 0 Å². The Balaban J connectivity index is 1.70. The Morgan fingerprint density at radius 3 is 2.56 bits per heavy atom. The number of aryl methyl sites for hydroxylation is 1. The minimum atomic E-state index is 0.0912. The number of H-pyrrole nitrogens is 1. The normalized spacial score (nSPS) is 17.2. The summed E-state index contributed by atoms with van der Waals surface area (Å²) in [6, 6.07) is 7.78. The first-order valence-electron chi connectivity index (χ1n) is 8.53. The van der Waals surface area contributed by atoms with Crippen molar-refractivity contribution in [2.75, 3.05) is 32.6 Å². The maximum Gasteiger partial charge on any atom is 0.255 e. The van der Waals surface area contributed by atoms with E-state index >= 15 is 0 Å². The highest BCUT2D eigenvalue weighted by Crippen LogP contribution is 2.27. The van der Waals surface area contributed by atoms with Crippen LogP contribution < -0.4 is 14.8 Å². The third-order valence-corrected chi connectivity index (χ3v) is 4.62. The number of ether oxygens (including phenoxy) is 2. The third kappa shape index (κ3) is 3.90. The number of benzene rings is 1. The van der Waals surface area contributed by atoms with Crippen molar-refractivity contribution >= 4 is 11.6 Å². The number of aromatic nitrogens is 1. The highest BCUT2D eigenvalue weighted by Gasteiger charge is 2.25. The van der Waals surface area contributed by atoms with Crippen LogP contribution in [0, 0.1) is 6.92 Å². The second kappa shape index (κ2) is 7.51. The zero-order valence-electron chi connectivity index (χ0n) is 15.0. The molecule has 1 aliphatic rings. The van der Waals surface area contributed by atoms with Gasteiger partial charge in [-0.3, -0.25) is 4.79 Å². The number of anilines is 1. The molecule has 1 aliphatic heterocycles.